The molecule has 0 N–H and O–H groups in total. The van der Waals surface area contributed by atoms with E-state index in [0.29, 0.717) is 16.6 Å². The number of rotatable bonds is 3. The van der Waals surface area contributed by atoms with Crippen LogP contribution >= 0.6 is 11.6 Å². The van der Waals surface area contributed by atoms with Crippen LogP contribution in [0.2, 0.25) is 5.15 Å². The second-order valence-corrected chi connectivity index (χ2v) is 5.21. The number of halogens is 1. The van der Waals surface area contributed by atoms with Gasteiger partial charge in [0.2, 0.25) is 0 Å². The third-order valence-electron chi connectivity index (χ3n) is 3.55. The molecular weight excluding hydrogens is 264 g/mol. The summed E-state index contributed by atoms with van der Waals surface area (Å²) in [5.41, 5.74) is 0.818. The standard InChI is InChI=1S/C14H15ClN2O2/c15-14-8-12-11(9-16-14)13(18)4-6-17(12)5-3-10-2-1-7-19-10/h4,6,8-10H,1-3,5,7H2. The first-order chi connectivity index (χ1) is 9.24. The molecule has 100 valence electrons. The summed E-state index contributed by atoms with van der Waals surface area (Å²) in [6.07, 6.45) is 6.93. The zero-order chi connectivity index (χ0) is 13.2. The second kappa shape index (κ2) is 5.31. The predicted molar refractivity (Wildman–Crippen MR) is 74.6 cm³/mol. The minimum Gasteiger partial charge on any atom is -0.378 e. The van der Waals surface area contributed by atoms with Crippen molar-refractivity contribution in [1.82, 2.24) is 9.55 Å². The number of aryl methyl sites for hydroxylation is 1. The number of aromatic nitrogens is 2. The molecule has 0 aliphatic carbocycles. The summed E-state index contributed by atoms with van der Waals surface area (Å²) in [6, 6.07) is 3.32. The quantitative estimate of drug-likeness (QED) is 0.811. The summed E-state index contributed by atoms with van der Waals surface area (Å²) in [4.78, 5) is 15.8. The van der Waals surface area contributed by atoms with E-state index in [9.17, 15) is 4.79 Å². The zero-order valence-electron chi connectivity index (χ0n) is 10.5. The van der Waals surface area contributed by atoms with E-state index in [1.807, 2.05) is 10.8 Å². The molecule has 0 amide bonds. The second-order valence-electron chi connectivity index (χ2n) is 4.82. The SMILES string of the molecule is O=c1ccn(CCC2CCCO2)c2cc(Cl)ncc12. The Kier molecular flexibility index (Phi) is 3.53. The van der Waals surface area contributed by atoms with Gasteiger partial charge in [0.05, 0.1) is 17.0 Å². The molecule has 5 heteroatoms. The Morgan fingerprint density at radius 3 is 3.21 bits per heavy atom. The molecule has 0 aromatic carbocycles. The van der Waals surface area contributed by atoms with Crippen LogP contribution in [0, 0.1) is 0 Å². The summed E-state index contributed by atoms with van der Waals surface area (Å²) in [6.45, 7) is 1.69. The Bertz CT molecular complexity index is 647. The van der Waals surface area contributed by atoms with Crippen molar-refractivity contribution in [3.05, 3.63) is 39.9 Å². The average molecular weight is 279 g/mol. The average Bonchev–Trinajstić information content (AvgIpc) is 2.91. The largest absolute Gasteiger partial charge is 0.378 e. The normalized spacial score (nSPS) is 19.1. The molecule has 2 aromatic rings. The molecular formula is C14H15ClN2O2. The van der Waals surface area contributed by atoms with Crippen molar-refractivity contribution in [3.8, 4) is 0 Å². The lowest BCUT2D eigenvalue weighted by Gasteiger charge is -2.13. The fourth-order valence-corrected chi connectivity index (χ4v) is 2.68. The van der Waals surface area contributed by atoms with Gasteiger partial charge in [-0.2, -0.15) is 0 Å². The minimum absolute atomic E-state index is 0.0208. The number of fused-ring (bicyclic) bond motifs is 1. The van der Waals surface area contributed by atoms with Crippen molar-refractivity contribution >= 4 is 22.5 Å². The molecule has 2 aromatic heterocycles. The van der Waals surface area contributed by atoms with Gasteiger partial charge in [0.15, 0.2) is 5.43 Å². The van der Waals surface area contributed by atoms with Crippen LogP contribution in [0.1, 0.15) is 19.3 Å². The van der Waals surface area contributed by atoms with Gasteiger partial charge in [-0.3, -0.25) is 4.79 Å². The Labute approximate surface area is 116 Å². The zero-order valence-corrected chi connectivity index (χ0v) is 11.3. The van der Waals surface area contributed by atoms with E-state index in [-0.39, 0.29) is 5.43 Å². The lowest BCUT2D eigenvalue weighted by atomic mass is 10.2. The highest BCUT2D eigenvalue weighted by molar-refractivity contribution is 6.29. The molecule has 1 atom stereocenters. The van der Waals surface area contributed by atoms with E-state index in [1.54, 1.807) is 18.3 Å². The van der Waals surface area contributed by atoms with Crippen molar-refractivity contribution in [1.29, 1.82) is 0 Å². The lowest BCUT2D eigenvalue weighted by molar-refractivity contribution is 0.101. The van der Waals surface area contributed by atoms with Crippen molar-refractivity contribution in [2.75, 3.05) is 6.61 Å². The molecule has 1 aliphatic heterocycles. The maximum Gasteiger partial charge on any atom is 0.190 e. The molecule has 0 radical (unpaired) electrons. The molecule has 1 fully saturated rings. The van der Waals surface area contributed by atoms with Crippen LogP contribution in [0.4, 0.5) is 0 Å². The predicted octanol–water partition coefficient (Wildman–Crippen LogP) is 2.62. The highest BCUT2D eigenvalue weighted by atomic mass is 35.5. The summed E-state index contributed by atoms with van der Waals surface area (Å²) in [7, 11) is 0. The Morgan fingerprint density at radius 1 is 1.53 bits per heavy atom. The molecule has 0 bridgehead atoms. The summed E-state index contributed by atoms with van der Waals surface area (Å²) < 4.78 is 7.67. The van der Waals surface area contributed by atoms with E-state index in [1.165, 1.54) is 0 Å². The number of hydrogen-bond acceptors (Lipinski definition) is 3. The maximum atomic E-state index is 11.8. The monoisotopic (exact) mass is 278 g/mol. The first kappa shape index (κ1) is 12.6. The highest BCUT2D eigenvalue weighted by Crippen LogP contribution is 2.18. The van der Waals surface area contributed by atoms with Gasteiger partial charge >= 0.3 is 0 Å². The Morgan fingerprint density at radius 2 is 2.42 bits per heavy atom. The van der Waals surface area contributed by atoms with E-state index in [2.05, 4.69) is 4.98 Å². The fourth-order valence-electron chi connectivity index (χ4n) is 2.53. The van der Waals surface area contributed by atoms with Gasteiger partial charge in [-0.05, 0) is 25.3 Å². The maximum absolute atomic E-state index is 11.8. The minimum atomic E-state index is -0.0208. The van der Waals surface area contributed by atoms with Crippen LogP contribution in [0.5, 0.6) is 0 Å². The molecule has 1 unspecified atom stereocenters. The fraction of sp³-hybridized carbons (Fsp3) is 0.429. The van der Waals surface area contributed by atoms with E-state index in [4.69, 9.17) is 16.3 Å². The first-order valence-corrected chi connectivity index (χ1v) is 6.88. The molecule has 0 saturated carbocycles. The molecule has 19 heavy (non-hydrogen) atoms. The summed E-state index contributed by atoms with van der Waals surface area (Å²) in [5.74, 6) is 0. The van der Waals surface area contributed by atoms with Crippen LogP contribution in [0.3, 0.4) is 0 Å². The van der Waals surface area contributed by atoms with Gasteiger partial charge in [0.25, 0.3) is 0 Å². The molecule has 0 spiro atoms. The van der Waals surface area contributed by atoms with Crippen LogP contribution in [0.25, 0.3) is 10.9 Å². The third kappa shape index (κ3) is 2.65. The van der Waals surface area contributed by atoms with Gasteiger partial charge in [-0.15, -0.1) is 0 Å². The molecule has 1 saturated heterocycles. The van der Waals surface area contributed by atoms with Crippen LogP contribution in [0.15, 0.2) is 29.3 Å². The van der Waals surface area contributed by atoms with Crippen LogP contribution in [-0.4, -0.2) is 22.3 Å². The summed E-state index contributed by atoms with van der Waals surface area (Å²) >= 11 is 5.92. The molecule has 1 aliphatic rings. The number of pyridine rings is 2. The highest BCUT2D eigenvalue weighted by Gasteiger charge is 2.15. The number of nitrogens with zero attached hydrogens (tertiary/aromatic N) is 2. The summed E-state index contributed by atoms with van der Waals surface area (Å²) in [5, 5.41) is 1.02. The van der Waals surface area contributed by atoms with Crippen molar-refractivity contribution in [2.24, 2.45) is 0 Å². The van der Waals surface area contributed by atoms with E-state index in [0.717, 1.165) is 37.9 Å². The van der Waals surface area contributed by atoms with Gasteiger partial charge in [0, 0.05) is 31.6 Å². The Balaban J connectivity index is 1.91. The van der Waals surface area contributed by atoms with Gasteiger partial charge in [-0.25, -0.2) is 4.98 Å². The topological polar surface area (TPSA) is 44.1 Å². The van der Waals surface area contributed by atoms with Crippen molar-refractivity contribution in [3.63, 3.8) is 0 Å². The van der Waals surface area contributed by atoms with Crippen LogP contribution in [-0.2, 0) is 11.3 Å². The van der Waals surface area contributed by atoms with Gasteiger partial charge < -0.3 is 9.30 Å². The molecule has 3 heterocycles. The van der Waals surface area contributed by atoms with Gasteiger partial charge in [0.1, 0.15) is 5.15 Å². The lowest BCUT2D eigenvalue weighted by Crippen LogP contribution is -2.13. The van der Waals surface area contributed by atoms with Crippen molar-refractivity contribution < 1.29 is 4.74 Å². The van der Waals surface area contributed by atoms with E-state index >= 15 is 0 Å². The third-order valence-corrected chi connectivity index (χ3v) is 3.75. The van der Waals surface area contributed by atoms with E-state index < -0.39 is 0 Å². The molecule has 4 nitrogen and oxygen atoms in total. The first-order valence-electron chi connectivity index (χ1n) is 6.50. The molecule has 3 rings (SSSR count). The number of ether oxygens (including phenoxy) is 1. The smallest absolute Gasteiger partial charge is 0.190 e. The van der Waals surface area contributed by atoms with Crippen molar-refractivity contribution in [2.45, 2.75) is 31.9 Å². The number of hydrogen-bond donors (Lipinski definition) is 0. The van der Waals surface area contributed by atoms with Crippen LogP contribution < -0.4 is 5.43 Å². The Hall–Kier alpha value is -1.39. The van der Waals surface area contributed by atoms with Gasteiger partial charge in [-0.1, -0.05) is 11.6 Å².